The Bertz CT molecular complexity index is 366. The molecule has 0 amide bonds. The highest BCUT2D eigenvalue weighted by Gasteiger charge is 2.06. The van der Waals surface area contributed by atoms with Crippen molar-refractivity contribution in [2.24, 2.45) is 0 Å². The number of ether oxygens (including phenoxy) is 1. The van der Waals surface area contributed by atoms with Crippen molar-refractivity contribution in [1.82, 2.24) is 10.6 Å². The summed E-state index contributed by atoms with van der Waals surface area (Å²) in [6, 6.07) is 7.18. The van der Waals surface area contributed by atoms with E-state index in [4.69, 9.17) is 27.2 Å². The molecule has 0 aromatic heterocycles. The third-order valence-corrected chi connectivity index (χ3v) is 2.65. The summed E-state index contributed by atoms with van der Waals surface area (Å²) in [7, 11) is 1.62. The molecule has 0 aliphatic rings. The van der Waals surface area contributed by atoms with Crippen molar-refractivity contribution in [1.29, 1.82) is 0 Å². The van der Waals surface area contributed by atoms with Gasteiger partial charge in [-0.2, -0.15) is 0 Å². The van der Waals surface area contributed by atoms with Gasteiger partial charge in [0.25, 0.3) is 0 Å². The number of aliphatic hydroxyl groups excluding tert-OH is 2. The topological polar surface area (TPSA) is 73.8 Å². The van der Waals surface area contributed by atoms with Crippen LogP contribution in [0.15, 0.2) is 24.3 Å². The Morgan fingerprint density at radius 1 is 1.28 bits per heavy atom. The highest BCUT2D eigenvalue weighted by atomic mass is 32.1. The monoisotopic (exact) mass is 270 g/mol. The number of thiocarbonyl (C=S) groups is 1. The van der Waals surface area contributed by atoms with Crippen LogP contribution < -0.4 is 15.4 Å². The summed E-state index contributed by atoms with van der Waals surface area (Å²) in [5, 5.41) is 24.0. The molecule has 0 aliphatic heterocycles. The van der Waals surface area contributed by atoms with Gasteiger partial charge in [0.15, 0.2) is 5.11 Å². The van der Waals surface area contributed by atoms with Crippen LogP contribution >= 0.6 is 12.2 Å². The molecule has 0 saturated heterocycles. The van der Waals surface area contributed by atoms with Crippen LogP contribution in [0.3, 0.4) is 0 Å². The zero-order valence-corrected chi connectivity index (χ0v) is 11.0. The molecule has 6 heteroatoms. The quantitative estimate of drug-likeness (QED) is 0.546. The summed E-state index contributed by atoms with van der Waals surface area (Å²) in [6.07, 6.45) is 0. The molecule has 0 atom stereocenters. The number of hydrogen-bond donors (Lipinski definition) is 4. The SMILES string of the molecule is COc1ccc(CNC(=S)NC(CO)CO)cc1. The first-order valence-electron chi connectivity index (χ1n) is 5.58. The molecule has 18 heavy (non-hydrogen) atoms. The minimum absolute atomic E-state index is 0.166. The summed E-state index contributed by atoms with van der Waals surface area (Å²) in [6.45, 7) is 0.237. The molecule has 0 aliphatic carbocycles. The second-order valence-electron chi connectivity index (χ2n) is 3.74. The van der Waals surface area contributed by atoms with E-state index in [0.717, 1.165) is 11.3 Å². The van der Waals surface area contributed by atoms with Gasteiger partial charge >= 0.3 is 0 Å². The Kier molecular flexibility index (Phi) is 6.42. The standard InChI is InChI=1S/C12H18N2O3S/c1-17-11-4-2-9(3-5-11)6-13-12(18)14-10(7-15)8-16/h2-5,10,15-16H,6-8H2,1H3,(H2,13,14,18). The molecule has 1 aromatic rings. The lowest BCUT2D eigenvalue weighted by Gasteiger charge is -2.16. The van der Waals surface area contributed by atoms with Crippen molar-refractivity contribution < 1.29 is 14.9 Å². The molecular weight excluding hydrogens is 252 g/mol. The number of rotatable bonds is 6. The smallest absolute Gasteiger partial charge is 0.166 e. The number of hydrogen-bond acceptors (Lipinski definition) is 4. The Morgan fingerprint density at radius 3 is 2.39 bits per heavy atom. The van der Waals surface area contributed by atoms with Crippen molar-refractivity contribution in [3.05, 3.63) is 29.8 Å². The van der Waals surface area contributed by atoms with Gasteiger partial charge in [0, 0.05) is 6.54 Å². The summed E-state index contributed by atoms with van der Waals surface area (Å²) < 4.78 is 5.06. The van der Waals surface area contributed by atoms with Crippen LogP contribution in [0.25, 0.3) is 0 Å². The fraction of sp³-hybridized carbons (Fsp3) is 0.417. The zero-order valence-electron chi connectivity index (χ0n) is 10.2. The van der Waals surface area contributed by atoms with E-state index in [-0.39, 0.29) is 13.2 Å². The fourth-order valence-corrected chi connectivity index (χ4v) is 1.55. The summed E-state index contributed by atoms with van der Waals surface area (Å²) in [4.78, 5) is 0. The predicted molar refractivity (Wildman–Crippen MR) is 73.5 cm³/mol. The van der Waals surface area contributed by atoms with Crippen molar-refractivity contribution in [2.45, 2.75) is 12.6 Å². The number of benzene rings is 1. The van der Waals surface area contributed by atoms with E-state index >= 15 is 0 Å². The van der Waals surface area contributed by atoms with Crippen LogP contribution in [-0.2, 0) is 6.54 Å². The van der Waals surface area contributed by atoms with Gasteiger partial charge in [-0.15, -0.1) is 0 Å². The van der Waals surface area contributed by atoms with E-state index in [1.54, 1.807) is 7.11 Å². The normalized spacial score (nSPS) is 10.2. The Hall–Kier alpha value is -1.37. The molecule has 0 radical (unpaired) electrons. The van der Waals surface area contributed by atoms with Gasteiger partial charge in [-0.1, -0.05) is 12.1 Å². The lowest BCUT2D eigenvalue weighted by atomic mass is 10.2. The van der Waals surface area contributed by atoms with Gasteiger partial charge in [0.1, 0.15) is 5.75 Å². The largest absolute Gasteiger partial charge is 0.497 e. The third kappa shape index (κ3) is 4.87. The molecule has 0 saturated carbocycles. The van der Waals surface area contributed by atoms with E-state index in [1.165, 1.54) is 0 Å². The van der Waals surface area contributed by atoms with E-state index in [2.05, 4.69) is 10.6 Å². The molecule has 0 fully saturated rings. The van der Waals surface area contributed by atoms with Crippen LogP contribution in [0.2, 0.25) is 0 Å². The summed E-state index contributed by atoms with van der Waals surface area (Å²) in [5.74, 6) is 0.806. The Balaban J connectivity index is 2.37. The number of methoxy groups -OCH3 is 1. The van der Waals surface area contributed by atoms with Gasteiger partial charge in [-0.3, -0.25) is 0 Å². The molecule has 0 spiro atoms. The lowest BCUT2D eigenvalue weighted by Crippen LogP contribution is -2.45. The highest BCUT2D eigenvalue weighted by molar-refractivity contribution is 7.80. The highest BCUT2D eigenvalue weighted by Crippen LogP contribution is 2.10. The van der Waals surface area contributed by atoms with Crippen molar-refractivity contribution in [3.63, 3.8) is 0 Å². The lowest BCUT2D eigenvalue weighted by molar-refractivity contribution is 0.183. The van der Waals surface area contributed by atoms with Crippen molar-refractivity contribution in [3.8, 4) is 5.75 Å². The van der Waals surface area contributed by atoms with Crippen LogP contribution in [-0.4, -0.2) is 41.7 Å². The fourth-order valence-electron chi connectivity index (χ4n) is 1.31. The van der Waals surface area contributed by atoms with Gasteiger partial charge < -0.3 is 25.6 Å². The second kappa shape index (κ2) is 7.86. The van der Waals surface area contributed by atoms with E-state index < -0.39 is 6.04 Å². The molecule has 0 unspecified atom stereocenters. The summed E-state index contributed by atoms with van der Waals surface area (Å²) in [5.41, 5.74) is 1.06. The first-order chi connectivity index (χ1) is 8.69. The van der Waals surface area contributed by atoms with E-state index in [0.29, 0.717) is 11.7 Å². The van der Waals surface area contributed by atoms with E-state index in [9.17, 15) is 0 Å². The third-order valence-electron chi connectivity index (χ3n) is 2.39. The van der Waals surface area contributed by atoms with Gasteiger partial charge in [0.2, 0.25) is 0 Å². The van der Waals surface area contributed by atoms with Gasteiger partial charge in [-0.05, 0) is 29.9 Å². The molecule has 0 bridgehead atoms. The van der Waals surface area contributed by atoms with Crippen LogP contribution in [0, 0.1) is 0 Å². The molecule has 4 N–H and O–H groups in total. The molecule has 0 heterocycles. The van der Waals surface area contributed by atoms with Gasteiger partial charge in [0.05, 0.1) is 26.4 Å². The maximum atomic E-state index is 8.89. The zero-order chi connectivity index (χ0) is 13.4. The molecule has 5 nitrogen and oxygen atoms in total. The molecular formula is C12H18N2O3S. The van der Waals surface area contributed by atoms with Gasteiger partial charge in [-0.25, -0.2) is 0 Å². The molecule has 1 aromatic carbocycles. The number of aliphatic hydroxyl groups is 2. The Morgan fingerprint density at radius 2 is 1.89 bits per heavy atom. The minimum Gasteiger partial charge on any atom is -0.497 e. The average Bonchev–Trinajstić information content (AvgIpc) is 2.43. The summed E-state index contributed by atoms with van der Waals surface area (Å²) >= 11 is 5.04. The number of nitrogens with one attached hydrogen (secondary N) is 2. The molecule has 1 rings (SSSR count). The predicted octanol–water partition coefficient (Wildman–Crippen LogP) is 0.0125. The second-order valence-corrected chi connectivity index (χ2v) is 4.15. The van der Waals surface area contributed by atoms with Crippen molar-refractivity contribution >= 4 is 17.3 Å². The Labute approximate surface area is 112 Å². The van der Waals surface area contributed by atoms with Crippen LogP contribution in [0.1, 0.15) is 5.56 Å². The molecule has 100 valence electrons. The average molecular weight is 270 g/mol. The maximum absolute atomic E-state index is 8.89. The minimum atomic E-state index is -0.430. The first-order valence-corrected chi connectivity index (χ1v) is 5.99. The maximum Gasteiger partial charge on any atom is 0.166 e. The van der Waals surface area contributed by atoms with Crippen LogP contribution in [0.4, 0.5) is 0 Å². The van der Waals surface area contributed by atoms with Crippen molar-refractivity contribution in [2.75, 3.05) is 20.3 Å². The first kappa shape index (κ1) is 14.7. The van der Waals surface area contributed by atoms with Crippen LogP contribution in [0.5, 0.6) is 5.75 Å². The van der Waals surface area contributed by atoms with E-state index in [1.807, 2.05) is 24.3 Å².